The average Bonchev–Trinajstić information content (AvgIpc) is 3.04. The van der Waals surface area contributed by atoms with Crippen molar-refractivity contribution in [1.29, 1.82) is 0 Å². The minimum Gasteiger partial charge on any atom is -0.337 e. The molecule has 1 unspecified atom stereocenters. The van der Waals surface area contributed by atoms with Gasteiger partial charge in [-0.15, -0.1) is 12.4 Å². The van der Waals surface area contributed by atoms with Crippen LogP contribution in [0.1, 0.15) is 16.8 Å². The second-order valence-corrected chi connectivity index (χ2v) is 5.90. The number of halogens is 2. The van der Waals surface area contributed by atoms with Crippen LogP contribution in [0.5, 0.6) is 0 Å². The Kier molecular flexibility index (Phi) is 6.09. The molecule has 2 heterocycles. The molecule has 0 aromatic heterocycles. The van der Waals surface area contributed by atoms with E-state index in [0.29, 0.717) is 13.1 Å². The lowest BCUT2D eigenvalue weighted by Gasteiger charge is -2.32. The van der Waals surface area contributed by atoms with E-state index in [9.17, 15) is 19.3 Å². The molecule has 0 bridgehead atoms. The van der Waals surface area contributed by atoms with Crippen molar-refractivity contribution in [3.8, 4) is 0 Å². The maximum absolute atomic E-state index is 13.4. The highest BCUT2D eigenvalue weighted by molar-refractivity contribution is 5.98. The average molecular weight is 359 g/mol. The molecule has 2 saturated heterocycles. The summed E-state index contributed by atoms with van der Waals surface area (Å²) in [5.41, 5.74) is -0.516. The SMILES string of the molecule is Cl.O=C(c1cc(F)ccc1[N+](=O)[O-])N1CCC(N2CCNCC2)C1. The molecule has 0 spiro atoms. The molecule has 24 heavy (non-hydrogen) atoms. The first-order valence-electron chi connectivity index (χ1n) is 7.74. The van der Waals surface area contributed by atoms with Gasteiger partial charge < -0.3 is 10.2 Å². The topological polar surface area (TPSA) is 78.7 Å². The quantitative estimate of drug-likeness (QED) is 0.650. The Morgan fingerprint density at radius 3 is 2.67 bits per heavy atom. The molecule has 2 aliphatic rings. The summed E-state index contributed by atoms with van der Waals surface area (Å²) in [6.45, 7) is 4.81. The van der Waals surface area contributed by atoms with E-state index in [-0.39, 0.29) is 29.7 Å². The van der Waals surface area contributed by atoms with Crippen LogP contribution in [0.2, 0.25) is 0 Å². The van der Waals surface area contributed by atoms with E-state index in [1.807, 2.05) is 0 Å². The molecular formula is C15H20ClFN4O3. The molecule has 1 atom stereocenters. The summed E-state index contributed by atoms with van der Waals surface area (Å²) in [5, 5.41) is 14.3. The normalized spacial score (nSPS) is 21.4. The van der Waals surface area contributed by atoms with Crippen LogP contribution in [-0.4, -0.2) is 65.9 Å². The van der Waals surface area contributed by atoms with Gasteiger partial charge in [-0.05, 0) is 18.6 Å². The van der Waals surface area contributed by atoms with Crippen molar-refractivity contribution in [3.05, 3.63) is 39.7 Å². The lowest BCUT2D eigenvalue weighted by atomic mass is 10.1. The number of hydrogen-bond acceptors (Lipinski definition) is 5. The number of nitro benzene ring substituents is 1. The second-order valence-electron chi connectivity index (χ2n) is 5.90. The fourth-order valence-corrected chi connectivity index (χ4v) is 3.28. The molecule has 0 saturated carbocycles. The predicted molar refractivity (Wildman–Crippen MR) is 89.1 cm³/mol. The highest BCUT2D eigenvalue weighted by Crippen LogP contribution is 2.24. The van der Waals surface area contributed by atoms with E-state index in [1.54, 1.807) is 4.90 Å². The number of nitrogens with zero attached hydrogens (tertiary/aromatic N) is 3. The third kappa shape index (κ3) is 3.82. The number of nitro groups is 1. The monoisotopic (exact) mass is 358 g/mol. The number of hydrogen-bond donors (Lipinski definition) is 1. The largest absolute Gasteiger partial charge is 0.337 e. The van der Waals surface area contributed by atoms with Crippen molar-refractivity contribution < 1.29 is 14.1 Å². The molecule has 1 aromatic rings. The molecule has 2 aliphatic heterocycles. The summed E-state index contributed by atoms with van der Waals surface area (Å²) < 4.78 is 13.4. The smallest absolute Gasteiger partial charge is 0.282 e. The van der Waals surface area contributed by atoms with Crippen LogP contribution in [-0.2, 0) is 0 Å². The van der Waals surface area contributed by atoms with Gasteiger partial charge in [0.05, 0.1) is 4.92 Å². The number of benzene rings is 1. The summed E-state index contributed by atoms with van der Waals surface area (Å²) in [6, 6.07) is 3.28. The molecule has 0 radical (unpaired) electrons. The van der Waals surface area contributed by atoms with Crippen molar-refractivity contribution in [2.75, 3.05) is 39.3 Å². The highest BCUT2D eigenvalue weighted by atomic mass is 35.5. The van der Waals surface area contributed by atoms with Gasteiger partial charge in [-0.3, -0.25) is 19.8 Å². The molecule has 7 nitrogen and oxygen atoms in total. The Balaban J connectivity index is 0.00000208. The Morgan fingerprint density at radius 2 is 2.00 bits per heavy atom. The number of amides is 1. The van der Waals surface area contributed by atoms with Crippen molar-refractivity contribution in [3.63, 3.8) is 0 Å². The molecule has 9 heteroatoms. The molecule has 1 aromatic carbocycles. The standard InChI is InChI=1S/C15H19FN4O3.ClH/c16-11-1-2-14(20(22)23)13(9-11)15(21)19-6-3-12(10-19)18-7-4-17-5-8-18;/h1-2,9,12,17H,3-8,10H2;1H. The minimum absolute atomic E-state index is 0. The van der Waals surface area contributed by atoms with E-state index < -0.39 is 16.6 Å². The lowest BCUT2D eigenvalue weighted by Crippen LogP contribution is -2.49. The maximum Gasteiger partial charge on any atom is 0.282 e. The molecule has 2 fully saturated rings. The third-order valence-electron chi connectivity index (χ3n) is 4.50. The predicted octanol–water partition coefficient (Wildman–Crippen LogP) is 1.28. The van der Waals surface area contributed by atoms with Gasteiger partial charge in [-0.2, -0.15) is 0 Å². The zero-order valence-electron chi connectivity index (χ0n) is 13.1. The van der Waals surface area contributed by atoms with Gasteiger partial charge in [0.15, 0.2) is 0 Å². The zero-order valence-corrected chi connectivity index (χ0v) is 13.9. The summed E-state index contributed by atoms with van der Waals surface area (Å²) in [5.74, 6) is -1.11. The lowest BCUT2D eigenvalue weighted by molar-refractivity contribution is -0.385. The van der Waals surface area contributed by atoms with Gasteiger partial charge in [0, 0.05) is 51.4 Å². The Bertz CT molecular complexity index is 625. The van der Waals surface area contributed by atoms with Gasteiger partial charge in [-0.25, -0.2) is 4.39 Å². The summed E-state index contributed by atoms with van der Waals surface area (Å²) in [7, 11) is 0. The minimum atomic E-state index is -0.642. The van der Waals surface area contributed by atoms with Gasteiger partial charge in [0.2, 0.25) is 0 Å². The van der Waals surface area contributed by atoms with Crippen molar-refractivity contribution in [2.24, 2.45) is 0 Å². The molecule has 3 rings (SSSR count). The second kappa shape index (κ2) is 7.87. The van der Waals surface area contributed by atoms with E-state index in [0.717, 1.165) is 50.8 Å². The van der Waals surface area contributed by atoms with Crippen LogP contribution < -0.4 is 5.32 Å². The number of piperazine rings is 1. The molecule has 132 valence electrons. The fourth-order valence-electron chi connectivity index (χ4n) is 3.28. The van der Waals surface area contributed by atoms with Crippen LogP contribution in [0, 0.1) is 15.9 Å². The molecule has 0 aliphatic carbocycles. The van der Waals surface area contributed by atoms with E-state index in [1.165, 1.54) is 0 Å². The van der Waals surface area contributed by atoms with Crippen LogP contribution in [0.25, 0.3) is 0 Å². The number of carbonyl (C=O) groups is 1. The van der Waals surface area contributed by atoms with Crippen LogP contribution in [0.3, 0.4) is 0 Å². The Labute approximate surface area is 145 Å². The van der Waals surface area contributed by atoms with Crippen LogP contribution >= 0.6 is 12.4 Å². The van der Waals surface area contributed by atoms with E-state index in [2.05, 4.69) is 10.2 Å². The Morgan fingerprint density at radius 1 is 1.29 bits per heavy atom. The van der Waals surface area contributed by atoms with E-state index in [4.69, 9.17) is 0 Å². The number of likely N-dealkylation sites (tertiary alicyclic amines) is 1. The van der Waals surface area contributed by atoms with E-state index >= 15 is 0 Å². The van der Waals surface area contributed by atoms with Gasteiger partial charge >= 0.3 is 0 Å². The summed E-state index contributed by atoms with van der Waals surface area (Å²) >= 11 is 0. The van der Waals surface area contributed by atoms with Crippen LogP contribution in [0.4, 0.5) is 10.1 Å². The Hall–Kier alpha value is -1.77. The fraction of sp³-hybridized carbons (Fsp3) is 0.533. The zero-order chi connectivity index (χ0) is 16.4. The first-order chi connectivity index (χ1) is 11.1. The maximum atomic E-state index is 13.4. The van der Waals surface area contributed by atoms with Gasteiger partial charge in [-0.1, -0.05) is 0 Å². The highest BCUT2D eigenvalue weighted by Gasteiger charge is 2.33. The first-order valence-corrected chi connectivity index (χ1v) is 7.74. The number of nitrogens with one attached hydrogen (secondary N) is 1. The summed E-state index contributed by atoms with van der Waals surface area (Å²) in [6.07, 6.45) is 0.842. The van der Waals surface area contributed by atoms with Gasteiger partial charge in [0.25, 0.3) is 11.6 Å². The van der Waals surface area contributed by atoms with Crippen molar-refractivity contribution >= 4 is 24.0 Å². The van der Waals surface area contributed by atoms with Crippen molar-refractivity contribution in [1.82, 2.24) is 15.1 Å². The first kappa shape index (κ1) is 18.6. The molecule has 1 N–H and O–H groups in total. The third-order valence-corrected chi connectivity index (χ3v) is 4.50. The van der Waals surface area contributed by atoms with Gasteiger partial charge in [0.1, 0.15) is 11.4 Å². The van der Waals surface area contributed by atoms with Crippen molar-refractivity contribution in [2.45, 2.75) is 12.5 Å². The molecule has 1 amide bonds. The van der Waals surface area contributed by atoms with Crippen LogP contribution in [0.15, 0.2) is 18.2 Å². The number of rotatable bonds is 3. The molecular weight excluding hydrogens is 339 g/mol. The number of carbonyl (C=O) groups excluding carboxylic acids is 1. The summed E-state index contributed by atoms with van der Waals surface area (Å²) in [4.78, 5) is 26.9.